The Morgan fingerprint density at radius 3 is 2.24 bits per heavy atom. The van der Waals surface area contributed by atoms with Crippen LogP contribution >= 0.6 is 0 Å². The minimum absolute atomic E-state index is 0.0320. The number of para-hydroxylation sites is 2. The second-order valence-electron chi connectivity index (χ2n) is 12.1. The number of anilines is 1. The molecule has 0 amide bonds. The highest BCUT2D eigenvalue weighted by Crippen LogP contribution is 2.50. The van der Waals surface area contributed by atoms with Crippen LogP contribution in [0.5, 0.6) is 0 Å². The molecule has 0 aliphatic carbocycles. The zero-order valence-corrected chi connectivity index (χ0v) is 27.3. The fraction of sp³-hybridized carbons (Fsp3) is 0.235. The molecule has 0 saturated carbocycles. The van der Waals surface area contributed by atoms with E-state index >= 15 is 0 Å². The Balaban J connectivity index is 1.56. The highest BCUT2D eigenvalue weighted by molar-refractivity contribution is 7.89. The molecule has 240 valence electrons. The van der Waals surface area contributed by atoms with Gasteiger partial charge in [-0.15, -0.1) is 0 Å². The third-order valence-electron chi connectivity index (χ3n) is 8.64. The van der Waals surface area contributed by atoms with Crippen LogP contribution in [0.15, 0.2) is 114 Å². The van der Waals surface area contributed by atoms with Crippen LogP contribution < -0.4 is 14.6 Å². The van der Waals surface area contributed by atoms with E-state index in [1.165, 1.54) is 6.07 Å². The summed E-state index contributed by atoms with van der Waals surface area (Å²) in [6.45, 7) is 5.53. The van der Waals surface area contributed by atoms with E-state index in [4.69, 9.17) is 5.14 Å². The van der Waals surface area contributed by atoms with E-state index in [1.807, 2.05) is 75.4 Å². The molecule has 0 bridgehead atoms. The van der Waals surface area contributed by atoms with E-state index in [0.717, 1.165) is 28.2 Å². The van der Waals surface area contributed by atoms with Gasteiger partial charge in [-0.1, -0.05) is 54.6 Å². The van der Waals surface area contributed by atoms with Gasteiger partial charge in [-0.05, 0) is 57.0 Å². The Bertz CT molecular complexity index is 2050. The standard InChI is InChI=1S/C34H35N3O7S2/c1-33(2)27-22-25(46(35,43)44)18-19-29(27)37(24-12-6-4-7-13-24)30(33)16-8-5-9-17-31-34(3,20-21-45(40,41)42)26-14-10-11-15-28(26)36(31)23-32(38)39/h4-19,22H,20-21,23H2,1-3H3,(H3-,35,38,39,40,41,42,43,44)/p+1. The van der Waals surface area contributed by atoms with Crippen molar-refractivity contribution in [3.8, 4) is 0 Å². The summed E-state index contributed by atoms with van der Waals surface area (Å²) in [5, 5.41) is 15.2. The maximum Gasteiger partial charge on any atom is 0.323 e. The smallest absolute Gasteiger partial charge is 0.323 e. The number of nitrogens with zero attached hydrogens (tertiary/aromatic N) is 2. The van der Waals surface area contributed by atoms with Crippen LogP contribution in [-0.4, -0.2) is 50.5 Å². The van der Waals surface area contributed by atoms with Crippen molar-refractivity contribution in [1.29, 1.82) is 0 Å². The highest BCUT2D eigenvalue weighted by atomic mass is 32.2. The monoisotopic (exact) mass is 662 g/mol. The molecule has 0 spiro atoms. The Kier molecular flexibility index (Phi) is 8.69. The molecule has 10 nitrogen and oxygen atoms in total. The largest absolute Gasteiger partial charge is 0.480 e. The maximum absolute atomic E-state index is 12.2. The Labute approximate surface area is 269 Å². The lowest BCUT2D eigenvalue weighted by Crippen LogP contribution is -2.33. The third kappa shape index (κ3) is 6.34. The molecule has 0 aromatic heterocycles. The molecule has 0 radical (unpaired) electrons. The summed E-state index contributed by atoms with van der Waals surface area (Å²) >= 11 is 0. The summed E-state index contributed by atoms with van der Waals surface area (Å²) in [7, 11) is -8.18. The van der Waals surface area contributed by atoms with E-state index in [0.29, 0.717) is 11.4 Å². The van der Waals surface area contributed by atoms with Crippen LogP contribution in [0.2, 0.25) is 0 Å². The molecule has 1 atom stereocenters. The number of primary sulfonamides is 1. The van der Waals surface area contributed by atoms with Gasteiger partial charge in [0, 0.05) is 46.6 Å². The number of carboxylic acid groups (broad SMARTS) is 1. The maximum atomic E-state index is 12.2. The average Bonchev–Trinajstić information content (AvgIpc) is 3.35. The normalized spacial score (nSPS) is 20.2. The second kappa shape index (κ2) is 12.1. The number of carboxylic acids is 1. The molecule has 2 aliphatic heterocycles. The molecule has 2 aliphatic rings. The zero-order valence-electron chi connectivity index (χ0n) is 25.7. The first-order valence-corrected chi connectivity index (χ1v) is 17.7. The number of sulfonamides is 1. The van der Waals surface area contributed by atoms with Crippen molar-refractivity contribution in [3.63, 3.8) is 0 Å². The number of nitrogens with two attached hydrogens (primary N) is 1. The lowest BCUT2D eigenvalue weighted by atomic mass is 9.79. The van der Waals surface area contributed by atoms with Crippen LogP contribution in [0.1, 0.15) is 38.3 Å². The van der Waals surface area contributed by atoms with Gasteiger partial charge >= 0.3 is 5.97 Å². The predicted octanol–water partition coefficient (Wildman–Crippen LogP) is 5.04. The molecule has 3 aromatic carbocycles. The topological polar surface area (TPSA) is 158 Å². The van der Waals surface area contributed by atoms with Crippen LogP contribution in [0.4, 0.5) is 17.1 Å². The fourth-order valence-electron chi connectivity index (χ4n) is 6.35. The molecule has 2 heterocycles. The van der Waals surface area contributed by atoms with Crippen molar-refractivity contribution in [2.75, 3.05) is 17.2 Å². The van der Waals surface area contributed by atoms with Crippen molar-refractivity contribution < 1.29 is 31.3 Å². The number of allylic oxidation sites excluding steroid dienone is 6. The Morgan fingerprint density at radius 1 is 0.913 bits per heavy atom. The van der Waals surface area contributed by atoms with Crippen LogP contribution in [0.3, 0.4) is 0 Å². The summed E-state index contributed by atoms with van der Waals surface area (Å²) in [4.78, 5) is 13.5. The molecular formula is C34H36N3O7S2+. The predicted molar refractivity (Wildman–Crippen MR) is 180 cm³/mol. The zero-order chi connectivity index (χ0) is 33.5. The van der Waals surface area contributed by atoms with Gasteiger partial charge in [0.2, 0.25) is 21.4 Å². The molecule has 46 heavy (non-hydrogen) atoms. The molecule has 1 unspecified atom stereocenters. The third-order valence-corrected chi connectivity index (χ3v) is 10.3. The Hall–Kier alpha value is -4.36. The first-order chi connectivity index (χ1) is 21.5. The van der Waals surface area contributed by atoms with Crippen molar-refractivity contribution in [3.05, 3.63) is 120 Å². The SMILES string of the molecule is CC1(C)C(/C=C/C=C/C=C2/N(CC(=O)O)c3ccccc3C2(C)CCS(=O)(=O)O)=[N+](c2ccccc2)c2ccc(S(N)(=O)=O)cc21. The second-order valence-corrected chi connectivity index (χ2v) is 15.2. The highest BCUT2D eigenvalue weighted by Gasteiger charge is 2.46. The number of hydrogen-bond acceptors (Lipinski definition) is 6. The molecule has 0 saturated heterocycles. The summed E-state index contributed by atoms with van der Waals surface area (Å²) < 4.78 is 59.4. The molecule has 3 aromatic rings. The van der Waals surface area contributed by atoms with E-state index < -0.39 is 42.7 Å². The summed E-state index contributed by atoms with van der Waals surface area (Å²) in [6, 6.07) is 21.8. The molecule has 12 heteroatoms. The van der Waals surface area contributed by atoms with Gasteiger partial charge in [0.05, 0.1) is 16.1 Å². The van der Waals surface area contributed by atoms with E-state index in [1.54, 1.807) is 47.4 Å². The van der Waals surface area contributed by atoms with E-state index in [-0.39, 0.29) is 17.9 Å². The molecule has 4 N–H and O–H groups in total. The molecule has 5 rings (SSSR count). The summed E-state index contributed by atoms with van der Waals surface area (Å²) in [5.74, 6) is -1.54. The lowest BCUT2D eigenvalue weighted by molar-refractivity contribution is -0.135. The first-order valence-electron chi connectivity index (χ1n) is 14.5. The van der Waals surface area contributed by atoms with Crippen LogP contribution in [0.25, 0.3) is 0 Å². The fourth-order valence-corrected chi connectivity index (χ4v) is 7.55. The summed E-state index contributed by atoms with van der Waals surface area (Å²) in [6.07, 6.45) is 9.16. The lowest BCUT2D eigenvalue weighted by Gasteiger charge is -2.29. The van der Waals surface area contributed by atoms with Gasteiger partial charge < -0.3 is 10.0 Å². The minimum Gasteiger partial charge on any atom is -0.480 e. The van der Waals surface area contributed by atoms with Crippen molar-refractivity contribution in [2.45, 2.75) is 42.9 Å². The quantitative estimate of drug-likeness (QED) is 0.155. The van der Waals surface area contributed by atoms with E-state index in [9.17, 15) is 31.3 Å². The van der Waals surface area contributed by atoms with Gasteiger partial charge in [-0.2, -0.15) is 13.0 Å². The molecule has 0 fully saturated rings. The summed E-state index contributed by atoms with van der Waals surface area (Å²) in [5.41, 5.74) is 3.95. The first kappa shape index (κ1) is 33.0. The van der Waals surface area contributed by atoms with Gasteiger partial charge in [-0.25, -0.2) is 13.6 Å². The Morgan fingerprint density at radius 2 is 1.59 bits per heavy atom. The van der Waals surface area contributed by atoms with Crippen LogP contribution in [-0.2, 0) is 35.8 Å². The average molecular weight is 663 g/mol. The van der Waals surface area contributed by atoms with Gasteiger partial charge in [0.1, 0.15) is 6.54 Å². The van der Waals surface area contributed by atoms with Crippen molar-refractivity contribution in [2.24, 2.45) is 5.14 Å². The van der Waals surface area contributed by atoms with E-state index in [2.05, 4.69) is 4.58 Å². The number of benzene rings is 3. The number of rotatable bonds is 10. The number of aliphatic carboxylic acids is 1. The minimum atomic E-state index is -4.27. The van der Waals surface area contributed by atoms with Gasteiger partial charge in [-0.3, -0.25) is 9.35 Å². The van der Waals surface area contributed by atoms with Gasteiger partial charge in [0.25, 0.3) is 10.1 Å². The van der Waals surface area contributed by atoms with Crippen molar-refractivity contribution >= 4 is 48.9 Å². The molecular weight excluding hydrogens is 627 g/mol. The number of carbonyl (C=O) groups is 1. The number of fused-ring (bicyclic) bond motifs is 2. The van der Waals surface area contributed by atoms with Crippen molar-refractivity contribution in [1.82, 2.24) is 4.58 Å². The number of hydrogen-bond donors (Lipinski definition) is 3. The van der Waals surface area contributed by atoms with Gasteiger partial charge in [0.15, 0.2) is 5.71 Å². The van der Waals surface area contributed by atoms with Crippen LogP contribution in [0, 0.1) is 0 Å².